The van der Waals surface area contributed by atoms with E-state index in [1.54, 1.807) is 0 Å². The van der Waals surface area contributed by atoms with Crippen molar-refractivity contribution in [1.29, 1.82) is 0 Å². The second kappa shape index (κ2) is 6.88. The van der Waals surface area contributed by atoms with Crippen LogP contribution in [0.2, 0.25) is 0 Å². The van der Waals surface area contributed by atoms with Crippen molar-refractivity contribution in [3.05, 3.63) is 12.2 Å². The van der Waals surface area contributed by atoms with Gasteiger partial charge in [0, 0.05) is 0 Å². The SMILES string of the molecule is C=C(C(CC1CC(C)CCC1CC)C(C)(C)C)C(C)(C)C. The standard InChI is InChI=1S/C21H40/c1-10-17-12-11-15(2)13-18(17)14-19(21(7,8)9)16(3)20(4,5)6/h15,17-19H,3,10-14H2,1-2,4-9H3. The van der Waals surface area contributed by atoms with Crippen LogP contribution < -0.4 is 0 Å². The van der Waals surface area contributed by atoms with Gasteiger partial charge in [0.15, 0.2) is 0 Å². The Morgan fingerprint density at radius 3 is 2.05 bits per heavy atom. The maximum Gasteiger partial charge on any atom is -0.0149 e. The molecule has 1 aliphatic carbocycles. The summed E-state index contributed by atoms with van der Waals surface area (Å²) in [4.78, 5) is 0. The largest absolute Gasteiger partial charge is 0.0990 e. The Balaban J connectivity index is 2.92. The van der Waals surface area contributed by atoms with E-state index in [1.807, 2.05) is 0 Å². The molecule has 0 aromatic heterocycles. The van der Waals surface area contributed by atoms with Crippen molar-refractivity contribution in [1.82, 2.24) is 0 Å². The number of rotatable bonds is 4. The molecule has 0 heteroatoms. The third-order valence-electron chi connectivity index (χ3n) is 5.89. The van der Waals surface area contributed by atoms with Crippen LogP contribution in [0.3, 0.4) is 0 Å². The molecule has 1 aliphatic rings. The highest BCUT2D eigenvalue weighted by Gasteiger charge is 2.37. The smallest absolute Gasteiger partial charge is 0.0149 e. The summed E-state index contributed by atoms with van der Waals surface area (Å²) in [5.41, 5.74) is 2.01. The first-order valence-corrected chi connectivity index (χ1v) is 9.16. The Bertz CT molecular complexity index is 336. The van der Waals surface area contributed by atoms with Crippen LogP contribution in [0, 0.1) is 34.5 Å². The molecule has 4 atom stereocenters. The zero-order valence-corrected chi connectivity index (χ0v) is 16.1. The molecule has 0 aromatic rings. The molecule has 0 amide bonds. The minimum absolute atomic E-state index is 0.222. The Kier molecular flexibility index (Phi) is 6.16. The number of hydrogen-bond acceptors (Lipinski definition) is 0. The van der Waals surface area contributed by atoms with Gasteiger partial charge in [0.25, 0.3) is 0 Å². The third kappa shape index (κ3) is 5.15. The summed E-state index contributed by atoms with van der Waals surface area (Å²) in [6, 6.07) is 0. The first-order valence-electron chi connectivity index (χ1n) is 9.16. The normalized spacial score (nSPS) is 29.2. The molecule has 0 aliphatic heterocycles. The summed E-state index contributed by atoms with van der Waals surface area (Å²) in [5.74, 6) is 3.41. The van der Waals surface area contributed by atoms with Gasteiger partial charge >= 0.3 is 0 Å². The fraction of sp³-hybridized carbons (Fsp3) is 0.905. The molecule has 4 unspecified atom stereocenters. The molecule has 0 N–H and O–H groups in total. The third-order valence-corrected chi connectivity index (χ3v) is 5.89. The van der Waals surface area contributed by atoms with Gasteiger partial charge in [-0.25, -0.2) is 0 Å². The van der Waals surface area contributed by atoms with Gasteiger partial charge in [-0.05, 0) is 53.8 Å². The van der Waals surface area contributed by atoms with Crippen LogP contribution in [-0.2, 0) is 0 Å². The summed E-state index contributed by atoms with van der Waals surface area (Å²) in [6.07, 6.45) is 7.03. The molecule has 124 valence electrons. The van der Waals surface area contributed by atoms with Crippen LogP contribution >= 0.6 is 0 Å². The molecular weight excluding hydrogens is 252 g/mol. The van der Waals surface area contributed by atoms with E-state index in [0.29, 0.717) is 11.3 Å². The average molecular weight is 293 g/mol. The summed E-state index contributed by atoms with van der Waals surface area (Å²) >= 11 is 0. The molecule has 0 bridgehead atoms. The summed E-state index contributed by atoms with van der Waals surface area (Å²) in [7, 11) is 0. The first-order chi connectivity index (χ1) is 9.46. The zero-order chi connectivity index (χ0) is 16.4. The highest BCUT2D eigenvalue weighted by atomic mass is 14.4. The molecular formula is C21H40. The van der Waals surface area contributed by atoms with Gasteiger partial charge in [-0.3, -0.25) is 0 Å². The van der Waals surface area contributed by atoms with E-state index in [-0.39, 0.29) is 5.41 Å². The maximum atomic E-state index is 4.53. The predicted molar refractivity (Wildman–Crippen MR) is 96.4 cm³/mol. The molecule has 0 heterocycles. The molecule has 0 spiro atoms. The van der Waals surface area contributed by atoms with E-state index in [0.717, 1.165) is 17.8 Å². The van der Waals surface area contributed by atoms with E-state index >= 15 is 0 Å². The average Bonchev–Trinajstić information content (AvgIpc) is 2.32. The summed E-state index contributed by atoms with van der Waals surface area (Å²) in [6.45, 7) is 23.6. The lowest BCUT2D eigenvalue weighted by Gasteiger charge is -2.43. The molecule has 0 radical (unpaired) electrons. The van der Waals surface area contributed by atoms with Gasteiger partial charge in [0.2, 0.25) is 0 Å². The monoisotopic (exact) mass is 292 g/mol. The second-order valence-electron chi connectivity index (χ2n) is 9.78. The van der Waals surface area contributed by atoms with Gasteiger partial charge in [0.1, 0.15) is 0 Å². The van der Waals surface area contributed by atoms with Crippen LogP contribution in [0.4, 0.5) is 0 Å². The summed E-state index contributed by atoms with van der Waals surface area (Å²) < 4.78 is 0. The second-order valence-corrected chi connectivity index (χ2v) is 9.78. The van der Waals surface area contributed by atoms with E-state index in [1.165, 1.54) is 37.7 Å². The molecule has 0 aromatic carbocycles. The molecule has 1 fully saturated rings. The Morgan fingerprint density at radius 1 is 1.05 bits per heavy atom. The topological polar surface area (TPSA) is 0 Å². The van der Waals surface area contributed by atoms with Gasteiger partial charge in [-0.15, -0.1) is 0 Å². The van der Waals surface area contributed by atoms with Crippen LogP contribution in [0.1, 0.15) is 87.5 Å². The van der Waals surface area contributed by atoms with Gasteiger partial charge in [-0.1, -0.05) is 80.4 Å². The lowest BCUT2D eigenvalue weighted by atomic mass is 9.62. The van der Waals surface area contributed by atoms with Crippen molar-refractivity contribution in [2.45, 2.75) is 87.5 Å². The molecule has 21 heavy (non-hydrogen) atoms. The lowest BCUT2D eigenvalue weighted by molar-refractivity contribution is 0.119. The number of allylic oxidation sites excluding steroid dienone is 1. The van der Waals surface area contributed by atoms with Crippen molar-refractivity contribution < 1.29 is 0 Å². The van der Waals surface area contributed by atoms with Crippen molar-refractivity contribution >= 4 is 0 Å². The van der Waals surface area contributed by atoms with Gasteiger partial charge in [0.05, 0.1) is 0 Å². The van der Waals surface area contributed by atoms with E-state index in [9.17, 15) is 0 Å². The molecule has 1 saturated carbocycles. The quantitative estimate of drug-likeness (QED) is 0.484. The molecule has 0 nitrogen and oxygen atoms in total. The lowest BCUT2D eigenvalue weighted by Crippen LogP contribution is -2.33. The Labute approximate surface area is 134 Å². The van der Waals surface area contributed by atoms with E-state index in [2.05, 4.69) is 62.0 Å². The molecule has 0 saturated heterocycles. The minimum atomic E-state index is 0.222. The van der Waals surface area contributed by atoms with Crippen LogP contribution in [0.15, 0.2) is 12.2 Å². The van der Waals surface area contributed by atoms with Crippen LogP contribution in [0.5, 0.6) is 0 Å². The maximum absolute atomic E-state index is 4.53. The first kappa shape index (κ1) is 18.8. The highest BCUT2D eigenvalue weighted by molar-refractivity contribution is 5.13. The van der Waals surface area contributed by atoms with E-state index in [4.69, 9.17) is 0 Å². The Hall–Kier alpha value is -0.260. The predicted octanol–water partition coefficient (Wildman–Crippen LogP) is 7.10. The van der Waals surface area contributed by atoms with Crippen molar-refractivity contribution in [3.63, 3.8) is 0 Å². The zero-order valence-electron chi connectivity index (χ0n) is 16.1. The minimum Gasteiger partial charge on any atom is -0.0990 e. The van der Waals surface area contributed by atoms with Crippen molar-refractivity contribution in [2.24, 2.45) is 34.5 Å². The fourth-order valence-corrected chi connectivity index (χ4v) is 4.23. The Morgan fingerprint density at radius 2 is 1.62 bits per heavy atom. The van der Waals surface area contributed by atoms with E-state index < -0.39 is 0 Å². The number of hydrogen-bond donors (Lipinski definition) is 0. The van der Waals surface area contributed by atoms with Gasteiger partial charge < -0.3 is 0 Å². The fourth-order valence-electron chi connectivity index (χ4n) is 4.23. The van der Waals surface area contributed by atoms with Gasteiger partial charge in [-0.2, -0.15) is 0 Å². The summed E-state index contributed by atoms with van der Waals surface area (Å²) in [5, 5.41) is 0. The van der Waals surface area contributed by atoms with Crippen molar-refractivity contribution in [3.8, 4) is 0 Å². The molecule has 1 rings (SSSR count). The van der Waals surface area contributed by atoms with Crippen LogP contribution in [-0.4, -0.2) is 0 Å². The van der Waals surface area contributed by atoms with Crippen LogP contribution in [0.25, 0.3) is 0 Å². The van der Waals surface area contributed by atoms with Crippen molar-refractivity contribution in [2.75, 3.05) is 0 Å². The highest BCUT2D eigenvalue weighted by Crippen LogP contribution is 2.47.